The molecule has 4 atom stereocenters. The van der Waals surface area contributed by atoms with Crippen LogP contribution in [0.1, 0.15) is 201 Å². The van der Waals surface area contributed by atoms with Crippen molar-refractivity contribution in [2.24, 2.45) is 23.7 Å². The van der Waals surface area contributed by atoms with Gasteiger partial charge in [-0.1, -0.05) is 162 Å². The third kappa shape index (κ3) is 17.9. The number of hydrogen-bond acceptors (Lipinski definition) is 1. The predicted molar refractivity (Wildman–Crippen MR) is 168 cm³/mol. The van der Waals surface area contributed by atoms with Gasteiger partial charge >= 0.3 is 5.97 Å². The molecule has 0 aromatic heterocycles. The zero-order valence-corrected chi connectivity index (χ0v) is 26.5. The number of hydrogen-bond donors (Lipinski definition) is 1. The van der Waals surface area contributed by atoms with Crippen LogP contribution < -0.4 is 0 Å². The molecule has 1 aliphatic carbocycles. The largest absolute Gasteiger partial charge is 0.481 e. The van der Waals surface area contributed by atoms with E-state index in [9.17, 15) is 4.79 Å². The first kappa shape index (κ1) is 35.5. The predicted octanol–water partition coefficient (Wildman–Crippen LogP) is 12.5. The van der Waals surface area contributed by atoms with Crippen molar-refractivity contribution in [2.45, 2.75) is 201 Å². The van der Waals surface area contributed by atoms with Crippen molar-refractivity contribution in [3.8, 4) is 0 Å². The van der Waals surface area contributed by atoms with Gasteiger partial charge in [0.1, 0.15) is 0 Å². The molecule has 1 rings (SSSR count). The third-order valence-electron chi connectivity index (χ3n) is 9.85. The number of unbranched alkanes of at least 4 members (excludes halogenated alkanes) is 17. The molecule has 0 heterocycles. The summed E-state index contributed by atoms with van der Waals surface area (Å²) in [5, 5.41) is 8.89. The summed E-state index contributed by atoms with van der Waals surface area (Å²) in [6, 6.07) is 0. The van der Waals surface area contributed by atoms with Crippen LogP contribution in [0.25, 0.3) is 0 Å². The van der Waals surface area contributed by atoms with E-state index in [4.69, 9.17) is 5.11 Å². The van der Waals surface area contributed by atoms with Crippen LogP contribution in [0.4, 0.5) is 0 Å². The van der Waals surface area contributed by atoms with Gasteiger partial charge in [0.05, 0.1) is 0 Å². The van der Waals surface area contributed by atoms with Crippen molar-refractivity contribution in [2.75, 3.05) is 0 Å². The molecule has 38 heavy (non-hydrogen) atoms. The lowest BCUT2D eigenvalue weighted by atomic mass is 9.61. The molecule has 1 aliphatic rings. The van der Waals surface area contributed by atoms with Gasteiger partial charge in [0.15, 0.2) is 0 Å². The zero-order chi connectivity index (χ0) is 27.7. The number of carboxylic acids is 1. The van der Waals surface area contributed by atoms with Crippen molar-refractivity contribution in [3.63, 3.8) is 0 Å². The first-order valence-electron chi connectivity index (χ1n) is 17.9. The third-order valence-corrected chi connectivity index (χ3v) is 9.85. The van der Waals surface area contributed by atoms with Crippen LogP contribution in [0.2, 0.25) is 0 Å². The Hall–Kier alpha value is -0.530. The number of aliphatic carboxylic acids is 1. The van der Waals surface area contributed by atoms with E-state index in [0.717, 1.165) is 36.5 Å². The Bertz CT molecular complexity index is 515. The van der Waals surface area contributed by atoms with Gasteiger partial charge in [-0.3, -0.25) is 4.79 Å². The fraction of sp³-hybridized carbons (Fsp3) is 0.972. The topological polar surface area (TPSA) is 37.3 Å². The lowest BCUT2D eigenvalue weighted by molar-refractivity contribution is -0.137. The van der Waals surface area contributed by atoms with Crippen LogP contribution >= 0.6 is 0 Å². The molecule has 2 nitrogen and oxygen atoms in total. The maximum absolute atomic E-state index is 10.8. The Balaban J connectivity index is 2.66. The highest BCUT2D eigenvalue weighted by molar-refractivity contribution is 5.66. The first-order valence-corrected chi connectivity index (χ1v) is 17.9. The molecule has 0 saturated heterocycles. The van der Waals surface area contributed by atoms with Crippen molar-refractivity contribution in [1.29, 1.82) is 0 Å². The minimum Gasteiger partial charge on any atom is -0.481 e. The van der Waals surface area contributed by atoms with E-state index in [0.29, 0.717) is 6.42 Å². The van der Waals surface area contributed by atoms with Crippen LogP contribution in [0.5, 0.6) is 0 Å². The second kappa shape index (κ2) is 25.4. The lowest BCUT2D eigenvalue weighted by Gasteiger charge is -2.44. The highest BCUT2D eigenvalue weighted by atomic mass is 16.4. The summed E-state index contributed by atoms with van der Waals surface area (Å²) in [4.78, 5) is 10.8. The van der Waals surface area contributed by atoms with E-state index in [-0.39, 0.29) is 0 Å². The van der Waals surface area contributed by atoms with Gasteiger partial charge in [0.2, 0.25) is 0 Å². The van der Waals surface area contributed by atoms with Gasteiger partial charge in [-0.15, -0.1) is 0 Å². The summed E-state index contributed by atoms with van der Waals surface area (Å²) in [6.45, 7) is 7.00. The fourth-order valence-corrected chi connectivity index (χ4v) is 7.54. The molecule has 1 fully saturated rings. The van der Waals surface area contributed by atoms with Crippen molar-refractivity contribution in [1.82, 2.24) is 0 Å². The molecule has 0 bridgehead atoms. The molecule has 0 aromatic carbocycles. The molecule has 1 saturated carbocycles. The molecule has 0 spiro atoms. The minimum atomic E-state index is -0.634. The van der Waals surface area contributed by atoms with Crippen LogP contribution in [-0.4, -0.2) is 11.1 Å². The van der Waals surface area contributed by atoms with Gasteiger partial charge in [0, 0.05) is 6.42 Å². The van der Waals surface area contributed by atoms with Gasteiger partial charge in [-0.25, -0.2) is 0 Å². The van der Waals surface area contributed by atoms with E-state index in [1.807, 2.05) is 0 Å². The molecular formula is C36H70O2. The Morgan fingerprint density at radius 2 is 0.789 bits per heavy atom. The van der Waals surface area contributed by atoms with E-state index < -0.39 is 5.97 Å². The van der Waals surface area contributed by atoms with Gasteiger partial charge in [-0.2, -0.15) is 0 Å². The summed E-state index contributed by atoms with van der Waals surface area (Å²) < 4.78 is 0. The minimum absolute atomic E-state index is 0.350. The van der Waals surface area contributed by atoms with E-state index in [1.54, 1.807) is 0 Å². The highest BCUT2D eigenvalue weighted by Gasteiger charge is 2.37. The Labute approximate surface area is 239 Å². The van der Waals surface area contributed by atoms with Crippen LogP contribution in [0, 0.1) is 23.7 Å². The fourth-order valence-electron chi connectivity index (χ4n) is 7.54. The van der Waals surface area contributed by atoms with Crippen LogP contribution in [0.15, 0.2) is 0 Å². The molecule has 0 aromatic rings. The normalized spacial score (nSPS) is 21.7. The van der Waals surface area contributed by atoms with Crippen LogP contribution in [0.3, 0.4) is 0 Å². The van der Waals surface area contributed by atoms with Crippen molar-refractivity contribution in [3.05, 3.63) is 0 Å². The summed E-state index contributed by atoms with van der Waals surface area (Å²) in [5.74, 6) is 3.30. The van der Waals surface area contributed by atoms with E-state index in [2.05, 4.69) is 20.8 Å². The van der Waals surface area contributed by atoms with Crippen molar-refractivity contribution >= 4 is 5.97 Å². The summed E-state index contributed by atoms with van der Waals surface area (Å²) >= 11 is 0. The van der Waals surface area contributed by atoms with Gasteiger partial charge < -0.3 is 5.11 Å². The van der Waals surface area contributed by atoms with Gasteiger partial charge in [-0.05, 0) is 55.8 Å². The Morgan fingerprint density at radius 3 is 1.18 bits per heavy atom. The average molecular weight is 535 g/mol. The Morgan fingerprint density at radius 1 is 0.474 bits per heavy atom. The summed E-state index contributed by atoms with van der Waals surface area (Å²) in [6.07, 6.45) is 38.0. The first-order chi connectivity index (χ1) is 18.6. The number of carboxylic acid groups (broad SMARTS) is 1. The number of carbonyl (C=O) groups is 1. The second-order valence-electron chi connectivity index (χ2n) is 13.1. The van der Waals surface area contributed by atoms with Crippen molar-refractivity contribution < 1.29 is 9.90 Å². The average Bonchev–Trinajstić information content (AvgIpc) is 2.91. The number of rotatable bonds is 27. The van der Waals surface area contributed by atoms with E-state index in [1.165, 1.54) is 161 Å². The molecular weight excluding hydrogens is 464 g/mol. The zero-order valence-electron chi connectivity index (χ0n) is 26.5. The Kier molecular flexibility index (Phi) is 23.8. The summed E-state index contributed by atoms with van der Waals surface area (Å²) in [5.41, 5.74) is 0. The quantitative estimate of drug-likeness (QED) is 0.106. The molecule has 0 radical (unpaired) electrons. The monoisotopic (exact) mass is 535 g/mol. The molecule has 0 amide bonds. The SMILES string of the molecule is CCCCCCCCCCC1C(CCCCCCCC(=O)O)CCC(CCCCCC)C1CCCCCC. The molecule has 2 heteroatoms. The van der Waals surface area contributed by atoms with Crippen LogP contribution in [-0.2, 0) is 4.79 Å². The highest BCUT2D eigenvalue weighted by Crippen LogP contribution is 2.47. The van der Waals surface area contributed by atoms with E-state index >= 15 is 0 Å². The second-order valence-corrected chi connectivity index (χ2v) is 13.1. The molecule has 226 valence electrons. The summed E-state index contributed by atoms with van der Waals surface area (Å²) in [7, 11) is 0. The van der Waals surface area contributed by atoms with Gasteiger partial charge in [0.25, 0.3) is 0 Å². The molecule has 1 N–H and O–H groups in total. The molecule has 4 unspecified atom stereocenters. The standard InChI is InChI=1S/C36H70O2/c1-4-7-10-13-14-15-18-23-28-35-33(26-21-17-16-19-24-29-36(37)38)31-30-32(25-20-11-8-5-2)34(35)27-22-12-9-6-3/h32-35H,4-31H2,1-3H3,(H,37,38). The maximum atomic E-state index is 10.8. The lowest BCUT2D eigenvalue weighted by Crippen LogP contribution is -2.35. The maximum Gasteiger partial charge on any atom is 0.303 e. The molecule has 0 aliphatic heterocycles. The smallest absolute Gasteiger partial charge is 0.303 e.